The molecule has 0 saturated heterocycles. The van der Waals surface area contributed by atoms with Crippen molar-refractivity contribution in [1.82, 2.24) is 14.5 Å². The van der Waals surface area contributed by atoms with Crippen LogP contribution in [0, 0.1) is 18.2 Å². The molecule has 0 aliphatic carbocycles. The van der Waals surface area contributed by atoms with E-state index in [1.807, 2.05) is 14.1 Å². The fraction of sp³-hybridized carbons (Fsp3) is 0.545. The molecule has 1 aromatic rings. The average molecular weight is 250 g/mol. The predicted molar refractivity (Wildman–Crippen MR) is 73.4 cm³/mol. The second kappa shape index (κ2) is 8.31. The highest BCUT2D eigenvalue weighted by molar-refractivity contribution is 6.20. The number of aryl methyl sites for hydroxylation is 2. The maximum Gasteiger partial charge on any atom is 0.328 e. The van der Waals surface area contributed by atoms with Crippen LogP contribution in [0.4, 0.5) is 0 Å². The minimum absolute atomic E-state index is 0.302. The van der Waals surface area contributed by atoms with Crippen molar-refractivity contribution in [3.63, 3.8) is 0 Å². The molecule has 1 N–H and O–H groups in total. The van der Waals surface area contributed by atoms with Crippen LogP contribution >= 0.6 is 0 Å². The van der Waals surface area contributed by atoms with Gasteiger partial charge in [-0.25, -0.2) is 10.1 Å². The van der Waals surface area contributed by atoms with Crippen molar-refractivity contribution in [1.29, 1.82) is 5.26 Å². The second-order valence-corrected chi connectivity index (χ2v) is 4.15. The number of H-pyrrole nitrogens is 1. The van der Waals surface area contributed by atoms with Gasteiger partial charge in [0.05, 0.1) is 0 Å². The van der Waals surface area contributed by atoms with Crippen molar-refractivity contribution < 1.29 is 0 Å². The number of nitriles is 1. The molecule has 6 nitrogen and oxygen atoms in total. The zero-order valence-corrected chi connectivity index (χ0v) is 11.4. The number of hydrogen-bond donors (Lipinski definition) is 1. The Kier molecular flexibility index (Phi) is 7.48. The first kappa shape index (κ1) is 16.2. The summed E-state index contributed by atoms with van der Waals surface area (Å²) >= 11 is 0. The van der Waals surface area contributed by atoms with Gasteiger partial charge in [0.15, 0.2) is 0 Å². The Morgan fingerprint density at radius 1 is 1.50 bits per heavy atom. The number of aromatic nitrogens is 2. The lowest BCUT2D eigenvalue weighted by molar-refractivity contribution is 0.383. The minimum atomic E-state index is -0.329. The van der Waals surface area contributed by atoms with Gasteiger partial charge >= 0.3 is 5.69 Å². The molecule has 98 valence electrons. The lowest BCUT2D eigenvalue weighted by Crippen LogP contribution is -2.31. The van der Waals surface area contributed by atoms with Crippen LogP contribution in [0.3, 0.4) is 0 Å². The molecular formula is C11H19BN4O2. The van der Waals surface area contributed by atoms with E-state index in [4.69, 9.17) is 5.26 Å². The maximum absolute atomic E-state index is 11.4. The first-order valence-corrected chi connectivity index (χ1v) is 5.68. The zero-order valence-electron chi connectivity index (χ0n) is 11.4. The first-order chi connectivity index (χ1) is 8.42. The van der Waals surface area contributed by atoms with Crippen LogP contribution in [0.5, 0.6) is 0 Å². The van der Waals surface area contributed by atoms with Crippen molar-refractivity contribution in [3.8, 4) is 5.97 Å². The summed E-state index contributed by atoms with van der Waals surface area (Å²) in [5.41, 5.74) is -0.0623. The summed E-state index contributed by atoms with van der Waals surface area (Å²) in [6.07, 6.45) is 2.50. The van der Waals surface area contributed by atoms with Gasteiger partial charge in [0.2, 0.25) is 7.85 Å². The Balaban J connectivity index is 0.000000873. The highest BCUT2D eigenvalue weighted by Crippen LogP contribution is 1.89. The summed E-state index contributed by atoms with van der Waals surface area (Å²) in [6.45, 7) is 3.25. The van der Waals surface area contributed by atoms with Gasteiger partial charge < -0.3 is 9.47 Å². The lowest BCUT2D eigenvalue weighted by atomic mass is 10.2. The smallest absolute Gasteiger partial charge is 0.309 e. The van der Waals surface area contributed by atoms with Crippen molar-refractivity contribution in [2.75, 3.05) is 20.6 Å². The van der Waals surface area contributed by atoms with Crippen LogP contribution < -0.4 is 11.2 Å². The van der Waals surface area contributed by atoms with E-state index in [9.17, 15) is 9.59 Å². The third-order valence-corrected chi connectivity index (χ3v) is 2.19. The van der Waals surface area contributed by atoms with E-state index in [-0.39, 0.29) is 11.2 Å². The molecule has 0 aliphatic rings. The van der Waals surface area contributed by atoms with Crippen LogP contribution in [0.2, 0.25) is 0 Å². The topological polar surface area (TPSA) is 81.9 Å². The molecule has 0 unspecified atom stereocenters. The molecule has 0 saturated carbocycles. The van der Waals surface area contributed by atoms with Gasteiger partial charge in [0.25, 0.3) is 5.56 Å². The monoisotopic (exact) mass is 250 g/mol. The minimum Gasteiger partial charge on any atom is -0.309 e. The molecule has 18 heavy (non-hydrogen) atoms. The molecule has 0 spiro atoms. The molecule has 1 aromatic heterocycles. The predicted octanol–water partition coefficient (Wildman–Crippen LogP) is -1.10. The largest absolute Gasteiger partial charge is 0.328 e. The van der Waals surface area contributed by atoms with Gasteiger partial charge in [0, 0.05) is 18.3 Å². The van der Waals surface area contributed by atoms with E-state index in [1.165, 1.54) is 7.85 Å². The first-order valence-electron chi connectivity index (χ1n) is 5.68. The van der Waals surface area contributed by atoms with E-state index in [0.717, 1.165) is 13.0 Å². The SMILES string of the molecule is BC#N.Cc1cn(CCCN(C)C)c(=O)[nH]c1=O. The number of rotatable bonds is 4. The standard InChI is InChI=1S/C10H17N3O2.CH2BN/c1-8-7-13(6-4-5-12(2)3)10(15)11-9(8)14;2-1-3/h7H,4-6H2,1-3H3,(H,11,14,15);2H2. The van der Waals surface area contributed by atoms with E-state index >= 15 is 0 Å². The maximum atomic E-state index is 11.4. The van der Waals surface area contributed by atoms with E-state index < -0.39 is 0 Å². The summed E-state index contributed by atoms with van der Waals surface area (Å²) in [4.78, 5) is 26.8. The fourth-order valence-corrected chi connectivity index (χ4v) is 1.34. The van der Waals surface area contributed by atoms with Gasteiger partial charge in [-0.15, -0.1) is 0 Å². The number of aromatic amines is 1. The second-order valence-electron chi connectivity index (χ2n) is 4.15. The Labute approximate surface area is 107 Å². The summed E-state index contributed by atoms with van der Waals surface area (Å²) < 4.78 is 1.54. The molecule has 7 heteroatoms. The molecule has 1 rings (SSSR count). The normalized spacial score (nSPS) is 9.50. The molecule has 0 aromatic carbocycles. The van der Waals surface area contributed by atoms with Gasteiger partial charge in [-0.05, 0) is 40.0 Å². The number of nitrogens with zero attached hydrogens (tertiary/aromatic N) is 3. The Hall–Kier alpha value is -1.81. The summed E-state index contributed by atoms with van der Waals surface area (Å²) in [5, 5.41) is 7.32. The summed E-state index contributed by atoms with van der Waals surface area (Å²) in [6, 6.07) is 0. The highest BCUT2D eigenvalue weighted by atomic mass is 16.2. The van der Waals surface area contributed by atoms with Gasteiger partial charge in [-0.1, -0.05) is 0 Å². The Bertz CT molecular complexity index is 513. The summed E-state index contributed by atoms with van der Waals surface area (Å²) in [5.74, 6) is 1.75. The quantitative estimate of drug-likeness (QED) is 0.687. The average Bonchev–Trinajstić information content (AvgIpc) is 2.26. The molecule has 0 amide bonds. The molecule has 0 fully saturated rings. The molecular weight excluding hydrogens is 231 g/mol. The molecule has 1 heterocycles. The molecule has 0 aliphatic heterocycles. The van der Waals surface area contributed by atoms with Crippen LogP contribution in [0.25, 0.3) is 0 Å². The highest BCUT2D eigenvalue weighted by Gasteiger charge is 2.00. The van der Waals surface area contributed by atoms with E-state index in [1.54, 1.807) is 23.7 Å². The number of hydrogen-bond acceptors (Lipinski definition) is 4. The van der Waals surface area contributed by atoms with Gasteiger partial charge in [-0.2, -0.15) is 0 Å². The van der Waals surface area contributed by atoms with Crippen molar-refractivity contribution >= 4 is 7.85 Å². The number of nitrogens with one attached hydrogen (secondary N) is 1. The van der Waals surface area contributed by atoms with Crippen molar-refractivity contribution in [2.24, 2.45) is 0 Å². The molecule has 0 bridgehead atoms. The van der Waals surface area contributed by atoms with Crippen molar-refractivity contribution in [2.45, 2.75) is 19.9 Å². The van der Waals surface area contributed by atoms with Crippen LogP contribution in [0.1, 0.15) is 12.0 Å². The van der Waals surface area contributed by atoms with E-state index in [2.05, 4.69) is 9.88 Å². The van der Waals surface area contributed by atoms with Gasteiger partial charge in [0.1, 0.15) is 0 Å². The Morgan fingerprint density at radius 2 is 2.06 bits per heavy atom. The molecule has 0 radical (unpaired) electrons. The van der Waals surface area contributed by atoms with Crippen LogP contribution in [-0.4, -0.2) is 42.9 Å². The third-order valence-electron chi connectivity index (χ3n) is 2.19. The molecule has 0 atom stereocenters. The van der Waals surface area contributed by atoms with Crippen LogP contribution in [-0.2, 0) is 6.54 Å². The fourth-order valence-electron chi connectivity index (χ4n) is 1.34. The van der Waals surface area contributed by atoms with Crippen molar-refractivity contribution in [3.05, 3.63) is 32.6 Å². The van der Waals surface area contributed by atoms with Crippen LogP contribution in [0.15, 0.2) is 15.8 Å². The third kappa shape index (κ3) is 6.06. The van der Waals surface area contributed by atoms with E-state index in [0.29, 0.717) is 12.1 Å². The van der Waals surface area contributed by atoms with Gasteiger partial charge in [-0.3, -0.25) is 9.78 Å². The lowest BCUT2D eigenvalue weighted by Gasteiger charge is -2.10. The Morgan fingerprint density at radius 3 is 2.56 bits per heavy atom. The zero-order chi connectivity index (χ0) is 14.1. The summed E-state index contributed by atoms with van der Waals surface area (Å²) in [7, 11) is 5.40.